The van der Waals surface area contributed by atoms with Gasteiger partial charge >= 0.3 is 0 Å². The standard InChI is InChI=1S/C21H32N2O2/c1-25-15-10-21(24)23-13-8-19(9-14-23)16-18-4-6-20(7-5-18)17-22-11-2-3-12-22/h4-7,19H,2-3,8-17H2,1H3. The van der Waals surface area contributed by atoms with E-state index in [1.54, 1.807) is 7.11 Å². The highest BCUT2D eigenvalue weighted by Crippen LogP contribution is 2.23. The molecule has 138 valence electrons. The van der Waals surface area contributed by atoms with E-state index < -0.39 is 0 Å². The van der Waals surface area contributed by atoms with Gasteiger partial charge in [-0.2, -0.15) is 0 Å². The molecule has 0 saturated carbocycles. The smallest absolute Gasteiger partial charge is 0.224 e. The number of benzene rings is 1. The molecular formula is C21H32N2O2. The molecule has 1 amide bonds. The third-order valence-electron chi connectivity index (χ3n) is 5.64. The number of hydrogen-bond acceptors (Lipinski definition) is 3. The predicted octanol–water partition coefficient (Wildman–Crippen LogP) is 3.10. The lowest BCUT2D eigenvalue weighted by Crippen LogP contribution is -2.39. The number of likely N-dealkylation sites (tertiary alicyclic amines) is 2. The van der Waals surface area contributed by atoms with E-state index in [-0.39, 0.29) is 5.91 Å². The van der Waals surface area contributed by atoms with Crippen LogP contribution in [0.4, 0.5) is 0 Å². The van der Waals surface area contributed by atoms with Gasteiger partial charge in [-0.25, -0.2) is 0 Å². The average Bonchev–Trinajstić information content (AvgIpc) is 3.15. The Hall–Kier alpha value is -1.39. The maximum absolute atomic E-state index is 12.0. The van der Waals surface area contributed by atoms with Gasteiger partial charge < -0.3 is 9.64 Å². The van der Waals surface area contributed by atoms with Crippen LogP contribution in [0, 0.1) is 5.92 Å². The molecule has 0 unspecified atom stereocenters. The average molecular weight is 344 g/mol. The van der Waals surface area contributed by atoms with Crippen molar-refractivity contribution in [2.24, 2.45) is 5.92 Å². The molecule has 0 aliphatic carbocycles. The van der Waals surface area contributed by atoms with Gasteiger partial charge in [0.15, 0.2) is 0 Å². The summed E-state index contributed by atoms with van der Waals surface area (Å²) in [5.41, 5.74) is 2.87. The topological polar surface area (TPSA) is 32.8 Å². The number of carbonyl (C=O) groups is 1. The van der Waals surface area contributed by atoms with Crippen molar-refractivity contribution in [2.75, 3.05) is 39.9 Å². The van der Waals surface area contributed by atoms with Crippen LogP contribution in [0.2, 0.25) is 0 Å². The molecule has 25 heavy (non-hydrogen) atoms. The van der Waals surface area contributed by atoms with Crippen LogP contribution in [0.25, 0.3) is 0 Å². The lowest BCUT2D eigenvalue weighted by Gasteiger charge is -2.32. The van der Waals surface area contributed by atoms with Crippen LogP contribution in [0.1, 0.15) is 43.2 Å². The minimum Gasteiger partial charge on any atom is -0.384 e. The second-order valence-electron chi connectivity index (χ2n) is 7.57. The van der Waals surface area contributed by atoms with Crippen LogP contribution in [-0.4, -0.2) is 55.6 Å². The Kier molecular flexibility index (Phi) is 6.88. The van der Waals surface area contributed by atoms with Crippen LogP contribution in [0.5, 0.6) is 0 Å². The summed E-state index contributed by atoms with van der Waals surface area (Å²) in [6, 6.07) is 9.22. The van der Waals surface area contributed by atoms with Gasteiger partial charge in [0.25, 0.3) is 0 Å². The molecule has 2 fully saturated rings. The Labute approximate surface area is 152 Å². The van der Waals surface area contributed by atoms with E-state index in [4.69, 9.17) is 4.74 Å². The normalized spacial score (nSPS) is 19.5. The van der Waals surface area contributed by atoms with Crippen LogP contribution < -0.4 is 0 Å². The van der Waals surface area contributed by atoms with Crippen molar-refractivity contribution in [3.8, 4) is 0 Å². The Bertz CT molecular complexity index is 529. The molecule has 1 aromatic carbocycles. The zero-order valence-corrected chi connectivity index (χ0v) is 15.6. The van der Waals surface area contributed by atoms with Crippen molar-refractivity contribution in [3.05, 3.63) is 35.4 Å². The fourth-order valence-corrected chi connectivity index (χ4v) is 4.05. The molecule has 3 rings (SSSR count). The summed E-state index contributed by atoms with van der Waals surface area (Å²) in [5.74, 6) is 0.947. The van der Waals surface area contributed by atoms with E-state index in [0.29, 0.717) is 18.9 Å². The van der Waals surface area contributed by atoms with E-state index in [2.05, 4.69) is 29.2 Å². The molecule has 0 spiro atoms. The minimum absolute atomic E-state index is 0.242. The Morgan fingerprint density at radius 2 is 1.68 bits per heavy atom. The highest BCUT2D eigenvalue weighted by atomic mass is 16.5. The quantitative estimate of drug-likeness (QED) is 0.762. The molecule has 2 saturated heterocycles. The van der Waals surface area contributed by atoms with Crippen molar-refractivity contribution < 1.29 is 9.53 Å². The zero-order chi connectivity index (χ0) is 17.5. The van der Waals surface area contributed by atoms with E-state index in [1.165, 1.54) is 37.1 Å². The number of nitrogens with zero attached hydrogens (tertiary/aromatic N) is 2. The van der Waals surface area contributed by atoms with Gasteiger partial charge in [-0.15, -0.1) is 0 Å². The number of ether oxygens (including phenoxy) is 1. The Morgan fingerprint density at radius 3 is 2.32 bits per heavy atom. The van der Waals surface area contributed by atoms with Crippen molar-refractivity contribution in [1.29, 1.82) is 0 Å². The number of carbonyl (C=O) groups excluding carboxylic acids is 1. The number of methoxy groups -OCH3 is 1. The fourth-order valence-electron chi connectivity index (χ4n) is 4.05. The van der Waals surface area contributed by atoms with Crippen LogP contribution in [0.3, 0.4) is 0 Å². The Morgan fingerprint density at radius 1 is 1.04 bits per heavy atom. The molecule has 4 nitrogen and oxygen atoms in total. The number of piperidine rings is 1. The van der Waals surface area contributed by atoms with Gasteiger partial charge in [-0.3, -0.25) is 9.69 Å². The monoisotopic (exact) mass is 344 g/mol. The van der Waals surface area contributed by atoms with E-state index >= 15 is 0 Å². The molecule has 0 radical (unpaired) electrons. The maximum atomic E-state index is 12.0. The first kappa shape index (κ1) is 18.4. The molecule has 0 N–H and O–H groups in total. The summed E-state index contributed by atoms with van der Waals surface area (Å²) < 4.78 is 5.00. The molecule has 2 aliphatic heterocycles. The maximum Gasteiger partial charge on any atom is 0.224 e. The largest absolute Gasteiger partial charge is 0.384 e. The highest BCUT2D eigenvalue weighted by Gasteiger charge is 2.22. The molecule has 2 aliphatic rings. The van der Waals surface area contributed by atoms with Crippen LogP contribution >= 0.6 is 0 Å². The summed E-state index contributed by atoms with van der Waals surface area (Å²) in [4.78, 5) is 16.6. The van der Waals surface area contributed by atoms with Crippen molar-refractivity contribution in [2.45, 2.75) is 45.1 Å². The van der Waals surface area contributed by atoms with E-state index in [9.17, 15) is 4.79 Å². The SMILES string of the molecule is COCCC(=O)N1CCC(Cc2ccc(CN3CCCC3)cc2)CC1. The molecule has 1 aromatic rings. The van der Waals surface area contributed by atoms with Gasteiger partial charge in [0.2, 0.25) is 5.91 Å². The lowest BCUT2D eigenvalue weighted by atomic mass is 9.90. The fraction of sp³-hybridized carbons (Fsp3) is 0.667. The predicted molar refractivity (Wildman–Crippen MR) is 100 cm³/mol. The summed E-state index contributed by atoms with van der Waals surface area (Å²) in [6.45, 7) is 5.94. The van der Waals surface area contributed by atoms with Crippen LogP contribution in [0.15, 0.2) is 24.3 Å². The Balaban J connectivity index is 1.41. The first-order valence-corrected chi connectivity index (χ1v) is 9.81. The number of amides is 1. The summed E-state index contributed by atoms with van der Waals surface area (Å²) in [5, 5.41) is 0. The molecular weight excluding hydrogens is 312 g/mol. The molecule has 4 heteroatoms. The summed E-state index contributed by atoms with van der Waals surface area (Å²) in [7, 11) is 1.65. The zero-order valence-electron chi connectivity index (χ0n) is 15.6. The van der Waals surface area contributed by atoms with E-state index in [0.717, 1.165) is 38.9 Å². The minimum atomic E-state index is 0.242. The van der Waals surface area contributed by atoms with Gasteiger partial charge in [-0.1, -0.05) is 24.3 Å². The van der Waals surface area contributed by atoms with Crippen LogP contribution in [-0.2, 0) is 22.5 Å². The number of rotatable bonds is 7. The lowest BCUT2D eigenvalue weighted by molar-refractivity contribution is -0.133. The van der Waals surface area contributed by atoms with Gasteiger partial charge in [0.1, 0.15) is 0 Å². The molecule has 0 aromatic heterocycles. The third kappa shape index (κ3) is 5.55. The second-order valence-corrected chi connectivity index (χ2v) is 7.57. The second kappa shape index (κ2) is 9.35. The molecule has 0 atom stereocenters. The summed E-state index contributed by atoms with van der Waals surface area (Å²) in [6.07, 6.45) is 6.60. The van der Waals surface area contributed by atoms with Crippen molar-refractivity contribution in [3.63, 3.8) is 0 Å². The number of hydrogen-bond donors (Lipinski definition) is 0. The van der Waals surface area contributed by atoms with Crippen molar-refractivity contribution >= 4 is 5.91 Å². The van der Waals surface area contributed by atoms with E-state index in [1.807, 2.05) is 4.90 Å². The first-order valence-electron chi connectivity index (χ1n) is 9.81. The van der Waals surface area contributed by atoms with Gasteiger partial charge in [0, 0.05) is 26.7 Å². The molecule has 2 heterocycles. The first-order chi connectivity index (χ1) is 12.2. The van der Waals surface area contributed by atoms with Gasteiger partial charge in [-0.05, 0) is 62.2 Å². The summed E-state index contributed by atoms with van der Waals surface area (Å²) >= 11 is 0. The molecule has 0 bridgehead atoms. The highest BCUT2D eigenvalue weighted by molar-refractivity contribution is 5.76. The van der Waals surface area contributed by atoms with Gasteiger partial charge in [0.05, 0.1) is 13.0 Å². The van der Waals surface area contributed by atoms with Crippen molar-refractivity contribution in [1.82, 2.24) is 9.80 Å². The third-order valence-corrected chi connectivity index (χ3v) is 5.64.